The van der Waals surface area contributed by atoms with Crippen LogP contribution in [0.2, 0.25) is 0 Å². The van der Waals surface area contributed by atoms with Gasteiger partial charge in [-0.25, -0.2) is 8.42 Å². The molecule has 0 amide bonds. The first-order valence-corrected chi connectivity index (χ1v) is 8.15. The molecule has 102 valence electrons. The summed E-state index contributed by atoms with van der Waals surface area (Å²) in [7, 11) is -3.28. The summed E-state index contributed by atoms with van der Waals surface area (Å²) in [4.78, 5) is 0. The van der Waals surface area contributed by atoms with Crippen molar-refractivity contribution in [2.45, 2.75) is 18.1 Å². The lowest BCUT2D eigenvalue weighted by Crippen LogP contribution is -2.18. The Labute approximate surface area is 113 Å². The number of nitriles is 1. The number of hydrogen-bond acceptors (Lipinski definition) is 4. The van der Waals surface area contributed by atoms with E-state index in [1.807, 2.05) is 37.3 Å². The van der Waals surface area contributed by atoms with Crippen molar-refractivity contribution in [3.05, 3.63) is 35.9 Å². The summed E-state index contributed by atoms with van der Waals surface area (Å²) in [5.41, 5.74) is -0.0514. The standard InChI is InChI=1S/C14H17NO3S/c1-3-18-10-14(9-15)12(13(14)19(2,16)17)11-7-5-4-6-8-11/h4-8,12-13H,3,10H2,1-2H3/t12-,13-,14-/m0/s1. The first-order chi connectivity index (χ1) is 8.97. The maximum Gasteiger partial charge on any atom is 0.152 e. The lowest BCUT2D eigenvalue weighted by Gasteiger charge is -2.08. The lowest BCUT2D eigenvalue weighted by molar-refractivity contribution is 0.117. The van der Waals surface area contributed by atoms with E-state index in [2.05, 4.69) is 6.07 Å². The van der Waals surface area contributed by atoms with Crippen LogP contribution < -0.4 is 0 Å². The molecule has 1 aliphatic rings. The molecule has 0 N–H and O–H groups in total. The molecule has 0 aromatic heterocycles. The summed E-state index contributed by atoms with van der Waals surface area (Å²) in [6, 6.07) is 11.5. The molecule has 1 aromatic carbocycles. The Balaban J connectivity index is 2.39. The molecule has 0 bridgehead atoms. The Kier molecular flexibility index (Phi) is 3.66. The van der Waals surface area contributed by atoms with Gasteiger partial charge in [-0.2, -0.15) is 5.26 Å². The SMILES string of the molecule is CCOC[C@@]1(C#N)[C@@H](c2ccccc2)[C@@H]1S(C)(=O)=O. The van der Waals surface area contributed by atoms with E-state index in [9.17, 15) is 13.7 Å². The number of sulfone groups is 1. The molecule has 0 unspecified atom stereocenters. The Morgan fingerprint density at radius 3 is 2.47 bits per heavy atom. The summed E-state index contributed by atoms with van der Waals surface area (Å²) in [5.74, 6) is -0.291. The van der Waals surface area contributed by atoms with Crippen LogP contribution in [0.3, 0.4) is 0 Å². The first-order valence-electron chi connectivity index (χ1n) is 6.20. The van der Waals surface area contributed by atoms with E-state index >= 15 is 0 Å². The molecule has 0 heterocycles. The second-order valence-electron chi connectivity index (χ2n) is 4.93. The fourth-order valence-corrected chi connectivity index (χ4v) is 4.62. The number of hydrogen-bond donors (Lipinski definition) is 0. The van der Waals surface area contributed by atoms with Crippen molar-refractivity contribution in [1.82, 2.24) is 0 Å². The van der Waals surface area contributed by atoms with Crippen LogP contribution in [0.25, 0.3) is 0 Å². The molecular formula is C14H17NO3S. The van der Waals surface area contributed by atoms with E-state index in [0.717, 1.165) is 5.56 Å². The maximum absolute atomic E-state index is 11.9. The number of nitrogens with zero attached hydrogens (tertiary/aromatic N) is 1. The highest BCUT2D eigenvalue weighted by Gasteiger charge is 2.71. The van der Waals surface area contributed by atoms with Gasteiger partial charge in [-0.3, -0.25) is 0 Å². The van der Waals surface area contributed by atoms with Gasteiger partial charge in [0.1, 0.15) is 5.41 Å². The van der Waals surface area contributed by atoms with Crippen LogP contribution in [-0.4, -0.2) is 33.1 Å². The number of ether oxygens (including phenoxy) is 1. The van der Waals surface area contributed by atoms with Crippen LogP contribution in [0.1, 0.15) is 18.4 Å². The maximum atomic E-state index is 11.9. The van der Waals surface area contributed by atoms with Gasteiger partial charge in [0.05, 0.1) is 17.9 Å². The average molecular weight is 279 g/mol. The van der Waals surface area contributed by atoms with Crippen LogP contribution in [-0.2, 0) is 14.6 Å². The van der Waals surface area contributed by atoms with Crippen molar-refractivity contribution in [2.24, 2.45) is 5.41 Å². The van der Waals surface area contributed by atoms with Crippen molar-refractivity contribution in [2.75, 3.05) is 19.5 Å². The fourth-order valence-electron chi connectivity index (χ4n) is 2.77. The van der Waals surface area contributed by atoms with E-state index in [4.69, 9.17) is 4.74 Å². The minimum atomic E-state index is -3.28. The van der Waals surface area contributed by atoms with E-state index in [0.29, 0.717) is 6.61 Å². The van der Waals surface area contributed by atoms with Gasteiger partial charge in [0, 0.05) is 18.8 Å². The second-order valence-corrected chi connectivity index (χ2v) is 7.09. The summed E-state index contributed by atoms with van der Waals surface area (Å²) < 4.78 is 29.2. The first kappa shape index (κ1) is 14.0. The molecule has 0 saturated heterocycles. The van der Waals surface area contributed by atoms with Gasteiger partial charge in [0.2, 0.25) is 0 Å². The smallest absolute Gasteiger partial charge is 0.152 e. The van der Waals surface area contributed by atoms with E-state index in [1.54, 1.807) is 0 Å². The van der Waals surface area contributed by atoms with E-state index in [-0.39, 0.29) is 12.5 Å². The molecule has 19 heavy (non-hydrogen) atoms. The third kappa shape index (κ3) is 2.38. The monoisotopic (exact) mass is 279 g/mol. The largest absolute Gasteiger partial charge is 0.380 e. The Hall–Kier alpha value is -1.38. The highest BCUT2D eigenvalue weighted by atomic mass is 32.2. The Bertz CT molecular complexity index is 591. The molecule has 1 fully saturated rings. The molecule has 5 heteroatoms. The van der Waals surface area contributed by atoms with Gasteiger partial charge >= 0.3 is 0 Å². The van der Waals surface area contributed by atoms with E-state index in [1.165, 1.54) is 6.26 Å². The normalized spacial score (nSPS) is 29.7. The predicted octanol–water partition coefficient (Wildman–Crippen LogP) is 1.74. The quantitative estimate of drug-likeness (QED) is 0.823. The summed E-state index contributed by atoms with van der Waals surface area (Å²) >= 11 is 0. The van der Waals surface area contributed by atoms with Crippen molar-refractivity contribution in [3.8, 4) is 6.07 Å². The Morgan fingerprint density at radius 2 is 2.00 bits per heavy atom. The number of rotatable bonds is 5. The van der Waals surface area contributed by atoms with Crippen LogP contribution in [0.4, 0.5) is 0 Å². The van der Waals surface area contributed by atoms with Gasteiger partial charge in [0.25, 0.3) is 0 Å². The van der Waals surface area contributed by atoms with Crippen molar-refractivity contribution in [3.63, 3.8) is 0 Å². The van der Waals surface area contributed by atoms with Gasteiger partial charge in [0.15, 0.2) is 9.84 Å². The molecule has 1 aromatic rings. The summed E-state index contributed by atoms with van der Waals surface area (Å²) in [6.45, 7) is 2.47. The zero-order valence-corrected chi connectivity index (χ0v) is 11.9. The summed E-state index contributed by atoms with van der Waals surface area (Å²) in [6.07, 6.45) is 1.19. The minimum absolute atomic E-state index is 0.164. The topological polar surface area (TPSA) is 67.2 Å². The molecule has 0 radical (unpaired) electrons. The molecule has 0 spiro atoms. The fraction of sp³-hybridized carbons (Fsp3) is 0.500. The third-order valence-corrected chi connectivity index (χ3v) is 5.24. The average Bonchev–Trinajstić information content (AvgIpc) is 3.07. The zero-order chi connectivity index (χ0) is 14.1. The summed E-state index contributed by atoms with van der Waals surface area (Å²) in [5, 5.41) is 8.79. The van der Waals surface area contributed by atoms with Crippen LogP contribution in [0, 0.1) is 16.7 Å². The van der Waals surface area contributed by atoms with Crippen LogP contribution >= 0.6 is 0 Å². The van der Waals surface area contributed by atoms with E-state index < -0.39 is 20.5 Å². The van der Waals surface area contributed by atoms with Gasteiger partial charge in [-0.1, -0.05) is 30.3 Å². The molecule has 4 nitrogen and oxygen atoms in total. The van der Waals surface area contributed by atoms with Crippen LogP contribution in [0.15, 0.2) is 30.3 Å². The molecular weight excluding hydrogens is 262 g/mol. The van der Waals surface area contributed by atoms with Gasteiger partial charge in [-0.05, 0) is 12.5 Å². The molecule has 1 saturated carbocycles. The number of benzene rings is 1. The highest BCUT2D eigenvalue weighted by Crippen LogP contribution is 2.62. The molecule has 0 aliphatic heterocycles. The molecule has 2 rings (SSSR count). The highest BCUT2D eigenvalue weighted by molar-refractivity contribution is 7.91. The van der Waals surface area contributed by atoms with Gasteiger partial charge < -0.3 is 4.74 Å². The minimum Gasteiger partial charge on any atom is -0.380 e. The third-order valence-electron chi connectivity index (χ3n) is 3.63. The van der Waals surface area contributed by atoms with Crippen molar-refractivity contribution in [1.29, 1.82) is 5.26 Å². The molecule has 3 atom stereocenters. The molecule has 1 aliphatic carbocycles. The lowest BCUT2D eigenvalue weighted by atomic mass is 10.0. The van der Waals surface area contributed by atoms with Gasteiger partial charge in [-0.15, -0.1) is 0 Å². The van der Waals surface area contributed by atoms with Crippen molar-refractivity contribution >= 4 is 9.84 Å². The Morgan fingerprint density at radius 1 is 1.37 bits per heavy atom. The predicted molar refractivity (Wildman–Crippen MR) is 72.4 cm³/mol. The second kappa shape index (κ2) is 4.95. The van der Waals surface area contributed by atoms with Crippen molar-refractivity contribution < 1.29 is 13.2 Å². The van der Waals surface area contributed by atoms with Crippen LogP contribution in [0.5, 0.6) is 0 Å². The zero-order valence-electron chi connectivity index (χ0n) is 11.0.